The average molecular weight is 236 g/mol. The number of nitrogens with zero attached hydrogens (tertiary/aromatic N) is 1. The maximum Gasteiger partial charge on any atom is 0.152 e. The number of aromatic nitrogens is 1. The standard InChI is InChI=1S/C13H14ClNO/c1-9(2)10-3-5-11(6-4-10)13-7-12(8-14)16-15-13/h3-7,9H,8H2,1-2H3. The number of hydrogen-bond donors (Lipinski definition) is 0. The molecule has 1 aromatic carbocycles. The Morgan fingerprint density at radius 3 is 2.44 bits per heavy atom. The van der Waals surface area contributed by atoms with Crippen LogP contribution in [0.1, 0.15) is 31.1 Å². The highest BCUT2D eigenvalue weighted by molar-refractivity contribution is 6.16. The summed E-state index contributed by atoms with van der Waals surface area (Å²) in [6, 6.07) is 10.2. The summed E-state index contributed by atoms with van der Waals surface area (Å²) in [5.74, 6) is 1.60. The second-order valence-electron chi connectivity index (χ2n) is 4.09. The molecule has 1 heterocycles. The van der Waals surface area contributed by atoms with Crippen molar-refractivity contribution in [2.75, 3.05) is 0 Å². The number of benzene rings is 1. The van der Waals surface area contributed by atoms with E-state index in [0.717, 1.165) is 11.3 Å². The lowest BCUT2D eigenvalue weighted by Crippen LogP contribution is -1.86. The number of alkyl halides is 1. The number of hydrogen-bond acceptors (Lipinski definition) is 2. The first-order chi connectivity index (χ1) is 7.70. The van der Waals surface area contributed by atoms with Crippen molar-refractivity contribution in [1.82, 2.24) is 5.16 Å². The molecule has 2 rings (SSSR count). The second-order valence-corrected chi connectivity index (χ2v) is 4.36. The van der Waals surface area contributed by atoms with Crippen LogP contribution in [-0.4, -0.2) is 5.16 Å². The molecule has 0 spiro atoms. The summed E-state index contributed by atoms with van der Waals surface area (Å²) in [5, 5.41) is 3.97. The van der Waals surface area contributed by atoms with Gasteiger partial charge < -0.3 is 4.52 Å². The van der Waals surface area contributed by atoms with Gasteiger partial charge in [0.25, 0.3) is 0 Å². The third-order valence-corrected chi connectivity index (χ3v) is 2.83. The molecule has 0 amide bonds. The van der Waals surface area contributed by atoms with Crippen LogP contribution in [0.4, 0.5) is 0 Å². The summed E-state index contributed by atoms with van der Waals surface area (Å²) >= 11 is 5.66. The zero-order chi connectivity index (χ0) is 11.5. The van der Waals surface area contributed by atoms with Crippen LogP contribution in [0.2, 0.25) is 0 Å². The van der Waals surface area contributed by atoms with E-state index in [4.69, 9.17) is 16.1 Å². The van der Waals surface area contributed by atoms with Gasteiger partial charge in [-0.05, 0) is 11.5 Å². The van der Waals surface area contributed by atoms with Crippen LogP contribution in [0.3, 0.4) is 0 Å². The molecule has 0 saturated carbocycles. The van der Waals surface area contributed by atoms with Crippen LogP contribution in [0.15, 0.2) is 34.9 Å². The van der Waals surface area contributed by atoms with Crippen molar-refractivity contribution in [2.24, 2.45) is 0 Å². The Morgan fingerprint density at radius 1 is 1.25 bits per heavy atom. The molecule has 84 valence electrons. The van der Waals surface area contributed by atoms with Gasteiger partial charge in [-0.3, -0.25) is 0 Å². The third kappa shape index (κ3) is 2.27. The van der Waals surface area contributed by atoms with Crippen LogP contribution in [-0.2, 0) is 5.88 Å². The van der Waals surface area contributed by atoms with E-state index in [1.165, 1.54) is 5.56 Å². The normalized spacial score (nSPS) is 11.0. The lowest BCUT2D eigenvalue weighted by Gasteiger charge is -2.04. The molecule has 3 heteroatoms. The Labute approximate surface area is 100 Å². The zero-order valence-electron chi connectivity index (χ0n) is 9.40. The predicted molar refractivity (Wildman–Crippen MR) is 65.6 cm³/mol. The number of rotatable bonds is 3. The molecule has 2 aromatic rings. The Hall–Kier alpha value is -1.28. The fraction of sp³-hybridized carbons (Fsp3) is 0.308. The van der Waals surface area contributed by atoms with Crippen LogP contribution in [0.5, 0.6) is 0 Å². The van der Waals surface area contributed by atoms with E-state index in [2.05, 4.69) is 43.3 Å². The fourth-order valence-corrected chi connectivity index (χ4v) is 1.68. The highest BCUT2D eigenvalue weighted by atomic mass is 35.5. The molecule has 0 bridgehead atoms. The first-order valence-electron chi connectivity index (χ1n) is 5.32. The van der Waals surface area contributed by atoms with Crippen molar-refractivity contribution in [3.8, 4) is 11.3 Å². The Bertz CT molecular complexity index is 459. The molecule has 1 aromatic heterocycles. The van der Waals surface area contributed by atoms with Crippen LogP contribution in [0, 0.1) is 0 Å². The SMILES string of the molecule is CC(C)c1ccc(-c2cc(CCl)on2)cc1. The number of halogens is 1. The molecule has 0 aliphatic carbocycles. The van der Waals surface area contributed by atoms with Crippen molar-refractivity contribution in [2.45, 2.75) is 25.6 Å². The van der Waals surface area contributed by atoms with E-state index in [9.17, 15) is 0 Å². The smallest absolute Gasteiger partial charge is 0.152 e. The highest BCUT2D eigenvalue weighted by Gasteiger charge is 2.06. The lowest BCUT2D eigenvalue weighted by molar-refractivity contribution is 0.396. The van der Waals surface area contributed by atoms with Gasteiger partial charge >= 0.3 is 0 Å². The topological polar surface area (TPSA) is 26.0 Å². The molecule has 16 heavy (non-hydrogen) atoms. The van der Waals surface area contributed by atoms with Gasteiger partial charge in [-0.25, -0.2) is 0 Å². The van der Waals surface area contributed by atoms with Crippen molar-refractivity contribution >= 4 is 11.6 Å². The van der Waals surface area contributed by atoms with Gasteiger partial charge in [0, 0.05) is 11.6 Å². The minimum absolute atomic E-state index is 0.358. The molecule has 0 fully saturated rings. The summed E-state index contributed by atoms with van der Waals surface area (Å²) in [6.45, 7) is 4.35. The van der Waals surface area contributed by atoms with Gasteiger partial charge in [0.1, 0.15) is 5.69 Å². The molecule has 0 radical (unpaired) electrons. The zero-order valence-corrected chi connectivity index (χ0v) is 10.2. The maximum absolute atomic E-state index is 5.66. The van der Waals surface area contributed by atoms with E-state index < -0.39 is 0 Å². The van der Waals surface area contributed by atoms with Gasteiger partial charge in [0.05, 0.1) is 5.88 Å². The van der Waals surface area contributed by atoms with Gasteiger partial charge in [-0.1, -0.05) is 43.3 Å². The molecular weight excluding hydrogens is 222 g/mol. The highest BCUT2D eigenvalue weighted by Crippen LogP contribution is 2.22. The summed E-state index contributed by atoms with van der Waals surface area (Å²) in [4.78, 5) is 0. The van der Waals surface area contributed by atoms with Gasteiger partial charge in [-0.15, -0.1) is 11.6 Å². The minimum Gasteiger partial charge on any atom is -0.359 e. The quantitative estimate of drug-likeness (QED) is 0.745. The predicted octanol–water partition coefficient (Wildman–Crippen LogP) is 4.20. The van der Waals surface area contributed by atoms with E-state index in [0.29, 0.717) is 17.6 Å². The van der Waals surface area contributed by atoms with Crippen LogP contribution in [0.25, 0.3) is 11.3 Å². The van der Waals surface area contributed by atoms with Gasteiger partial charge in [0.15, 0.2) is 5.76 Å². The van der Waals surface area contributed by atoms with E-state index >= 15 is 0 Å². The van der Waals surface area contributed by atoms with Crippen LogP contribution >= 0.6 is 11.6 Å². The first kappa shape index (κ1) is 11.2. The Kier molecular flexibility index (Phi) is 3.30. The lowest BCUT2D eigenvalue weighted by atomic mass is 10.0. The monoisotopic (exact) mass is 235 g/mol. The van der Waals surface area contributed by atoms with Crippen molar-refractivity contribution in [3.63, 3.8) is 0 Å². The van der Waals surface area contributed by atoms with E-state index in [-0.39, 0.29) is 0 Å². The van der Waals surface area contributed by atoms with Gasteiger partial charge in [0.2, 0.25) is 0 Å². The molecule has 0 aliphatic heterocycles. The fourth-order valence-electron chi connectivity index (χ4n) is 1.55. The molecule has 0 unspecified atom stereocenters. The molecular formula is C13H14ClNO. The Morgan fingerprint density at radius 2 is 1.94 bits per heavy atom. The Balaban J connectivity index is 2.27. The minimum atomic E-state index is 0.358. The average Bonchev–Trinajstić information content (AvgIpc) is 2.77. The summed E-state index contributed by atoms with van der Waals surface area (Å²) in [5.41, 5.74) is 3.22. The van der Waals surface area contributed by atoms with E-state index in [1.807, 2.05) is 6.07 Å². The van der Waals surface area contributed by atoms with Crippen LogP contribution < -0.4 is 0 Å². The largest absolute Gasteiger partial charge is 0.359 e. The van der Waals surface area contributed by atoms with E-state index in [1.54, 1.807) is 0 Å². The second kappa shape index (κ2) is 4.71. The molecule has 0 atom stereocenters. The molecule has 0 N–H and O–H groups in total. The molecule has 0 saturated heterocycles. The van der Waals surface area contributed by atoms with Crippen molar-refractivity contribution in [1.29, 1.82) is 0 Å². The summed E-state index contributed by atoms with van der Waals surface area (Å²) < 4.78 is 5.06. The summed E-state index contributed by atoms with van der Waals surface area (Å²) in [7, 11) is 0. The molecule has 2 nitrogen and oxygen atoms in total. The van der Waals surface area contributed by atoms with Crippen molar-refractivity contribution in [3.05, 3.63) is 41.7 Å². The molecule has 0 aliphatic rings. The van der Waals surface area contributed by atoms with Crippen molar-refractivity contribution < 1.29 is 4.52 Å². The summed E-state index contributed by atoms with van der Waals surface area (Å²) in [6.07, 6.45) is 0. The van der Waals surface area contributed by atoms with Gasteiger partial charge in [-0.2, -0.15) is 0 Å². The maximum atomic E-state index is 5.66. The first-order valence-corrected chi connectivity index (χ1v) is 5.86. The third-order valence-electron chi connectivity index (χ3n) is 2.56.